The fourth-order valence-electron chi connectivity index (χ4n) is 3.13. The summed E-state index contributed by atoms with van der Waals surface area (Å²) in [6.07, 6.45) is 2.67. The number of hydrogen-bond acceptors (Lipinski definition) is 6. The Balaban J connectivity index is 1.76. The first kappa shape index (κ1) is 21.3. The van der Waals surface area contributed by atoms with E-state index in [-0.39, 0.29) is 5.75 Å². The van der Waals surface area contributed by atoms with E-state index in [0.717, 1.165) is 37.3 Å². The highest BCUT2D eigenvalue weighted by atomic mass is 32.2. The van der Waals surface area contributed by atoms with Gasteiger partial charge in [-0.3, -0.25) is 0 Å². The molecule has 0 N–H and O–H groups in total. The Hall–Kier alpha value is -2.45. The van der Waals surface area contributed by atoms with Gasteiger partial charge in [0.05, 0.1) is 29.1 Å². The SMILES string of the molecule is CCN(CC)CCCOc1ccc2ncc(-c3ccc(S(=O)(=O)CC)cc3)n2n1. The molecule has 0 unspecified atom stereocenters. The van der Waals surface area contributed by atoms with Crippen molar-refractivity contribution in [2.75, 3.05) is 32.0 Å². The molecule has 0 bridgehead atoms. The summed E-state index contributed by atoms with van der Waals surface area (Å²) in [6, 6.07) is 10.5. The van der Waals surface area contributed by atoms with E-state index in [1.54, 1.807) is 41.9 Å². The minimum atomic E-state index is -3.22. The summed E-state index contributed by atoms with van der Waals surface area (Å²) in [5, 5.41) is 4.56. The maximum absolute atomic E-state index is 12.0. The zero-order valence-electron chi connectivity index (χ0n) is 17.2. The summed E-state index contributed by atoms with van der Waals surface area (Å²) >= 11 is 0. The van der Waals surface area contributed by atoms with Crippen molar-refractivity contribution < 1.29 is 13.2 Å². The summed E-state index contributed by atoms with van der Waals surface area (Å²) in [5.74, 6) is 0.625. The van der Waals surface area contributed by atoms with Crippen molar-refractivity contribution in [2.45, 2.75) is 32.1 Å². The molecule has 2 aromatic heterocycles. The molecule has 0 amide bonds. The van der Waals surface area contributed by atoms with Crippen LogP contribution in [0.25, 0.3) is 16.9 Å². The van der Waals surface area contributed by atoms with Crippen LogP contribution in [0.2, 0.25) is 0 Å². The first-order valence-electron chi connectivity index (χ1n) is 10.0. The van der Waals surface area contributed by atoms with E-state index in [9.17, 15) is 8.42 Å². The number of ether oxygens (including phenoxy) is 1. The molecule has 3 aromatic rings. The Bertz CT molecular complexity index is 1040. The monoisotopic (exact) mass is 416 g/mol. The third-order valence-electron chi connectivity index (χ3n) is 4.99. The number of benzene rings is 1. The van der Waals surface area contributed by atoms with Gasteiger partial charge in [0, 0.05) is 18.2 Å². The van der Waals surface area contributed by atoms with Crippen molar-refractivity contribution in [3.63, 3.8) is 0 Å². The highest BCUT2D eigenvalue weighted by Crippen LogP contribution is 2.23. The Morgan fingerprint density at radius 3 is 2.41 bits per heavy atom. The number of imidazole rings is 1. The third-order valence-corrected chi connectivity index (χ3v) is 6.74. The molecular weight excluding hydrogens is 388 g/mol. The predicted octanol–water partition coefficient (Wildman–Crippen LogP) is 3.30. The van der Waals surface area contributed by atoms with Crippen molar-refractivity contribution >= 4 is 15.5 Å². The van der Waals surface area contributed by atoms with Crippen LogP contribution in [-0.2, 0) is 9.84 Å². The van der Waals surface area contributed by atoms with Crippen LogP contribution in [0.1, 0.15) is 27.2 Å². The number of sulfone groups is 1. The lowest BCUT2D eigenvalue weighted by atomic mass is 10.2. The predicted molar refractivity (Wildman–Crippen MR) is 114 cm³/mol. The van der Waals surface area contributed by atoms with E-state index in [0.29, 0.717) is 23.0 Å². The Morgan fingerprint density at radius 2 is 1.76 bits per heavy atom. The van der Waals surface area contributed by atoms with Crippen LogP contribution in [-0.4, -0.2) is 59.9 Å². The van der Waals surface area contributed by atoms with Crippen molar-refractivity contribution in [1.29, 1.82) is 0 Å². The van der Waals surface area contributed by atoms with Crippen LogP contribution in [0, 0.1) is 0 Å². The quantitative estimate of drug-likeness (QED) is 0.472. The normalized spacial score (nSPS) is 12.0. The van der Waals surface area contributed by atoms with E-state index < -0.39 is 9.84 Å². The molecule has 7 nitrogen and oxygen atoms in total. The summed E-state index contributed by atoms with van der Waals surface area (Å²) in [6.45, 7) is 9.63. The lowest BCUT2D eigenvalue weighted by molar-refractivity contribution is 0.242. The van der Waals surface area contributed by atoms with Gasteiger partial charge in [0.2, 0.25) is 5.88 Å². The molecular formula is C21H28N4O3S. The molecule has 3 rings (SSSR count). The minimum Gasteiger partial charge on any atom is -0.477 e. The van der Waals surface area contributed by atoms with Crippen LogP contribution in [0.15, 0.2) is 47.5 Å². The minimum absolute atomic E-state index is 0.0818. The second-order valence-electron chi connectivity index (χ2n) is 6.74. The van der Waals surface area contributed by atoms with Crippen molar-refractivity contribution in [3.8, 4) is 17.1 Å². The fourth-order valence-corrected chi connectivity index (χ4v) is 4.02. The molecule has 0 atom stereocenters. The summed E-state index contributed by atoms with van der Waals surface area (Å²) in [5.41, 5.74) is 2.34. The first-order valence-corrected chi connectivity index (χ1v) is 11.7. The van der Waals surface area contributed by atoms with E-state index in [2.05, 4.69) is 28.8 Å². The molecule has 8 heteroatoms. The number of rotatable bonds is 10. The van der Waals surface area contributed by atoms with E-state index in [4.69, 9.17) is 4.74 Å². The van der Waals surface area contributed by atoms with Gasteiger partial charge in [0.25, 0.3) is 0 Å². The Kier molecular flexibility index (Phi) is 6.87. The van der Waals surface area contributed by atoms with Gasteiger partial charge < -0.3 is 9.64 Å². The van der Waals surface area contributed by atoms with Gasteiger partial charge in [-0.25, -0.2) is 17.9 Å². The lowest BCUT2D eigenvalue weighted by Crippen LogP contribution is -2.25. The van der Waals surface area contributed by atoms with Gasteiger partial charge in [-0.05, 0) is 37.7 Å². The molecule has 1 aromatic carbocycles. The van der Waals surface area contributed by atoms with Crippen LogP contribution < -0.4 is 4.74 Å². The van der Waals surface area contributed by atoms with Gasteiger partial charge >= 0.3 is 0 Å². The molecule has 156 valence electrons. The first-order chi connectivity index (χ1) is 14.0. The van der Waals surface area contributed by atoms with Crippen LogP contribution in [0.3, 0.4) is 0 Å². The summed E-state index contributed by atoms with van der Waals surface area (Å²) in [7, 11) is -3.22. The number of nitrogens with zero attached hydrogens (tertiary/aromatic N) is 4. The Labute approximate surface area is 172 Å². The van der Waals surface area contributed by atoms with Crippen LogP contribution >= 0.6 is 0 Å². The zero-order valence-corrected chi connectivity index (χ0v) is 18.0. The maximum Gasteiger partial charge on any atom is 0.231 e. The average Bonchev–Trinajstić information content (AvgIpc) is 3.17. The molecule has 0 aliphatic rings. The van der Waals surface area contributed by atoms with Gasteiger partial charge in [0.15, 0.2) is 15.5 Å². The van der Waals surface area contributed by atoms with E-state index >= 15 is 0 Å². The van der Waals surface area contributed by atoms with Crippen molar-refractivity contribution in [1.82, 2.24) is 19.5 Å². The van der Waals surface area contributed by atoms with Crippen LogP contribution in [0.5, 0.6) is 5.88 Å². The highest BCUT2D eigenvalue weighted by Gasteiger charge is 2.13. The summed E-state index contributed by atoms with van der Waals surface area (Å²) in [4.78, 5) is 7.06. The van der Waals surface area contributed by atoms with Gasteiger partial charge in [-0.1, -0.05) is 32.9 Å². The van der Waals surface area contributed by atoms with Crippen LogP contribution in [0.4, 0.5) is 0 Å². The highest BCUT2D eigenvalue weighted by molar-refractivity contribution is 7.91. The second-order valence-corrected chi connectivity index (χ2v) is 9.02. The third kappa shape index (κ3) is 4.94. The molecule has 29 heavy (non-hydrogen) atoms. The van der Waals surface area contributed by atoms with E-state index in [1.807, 2.05) is 12.1 Å². The zero-order chi connectivity index (χ0) is 20.9. The molecule has 2 heterocycles. The van der Waals surface area contributed by atoms with E-state index in [1.165, 1.54) is 0 Å². The maximum atomic E-state index is 12.0. The molecule has 0 fully saturated rings. The summed E-state index contributed by atoms with van der Waals surface area (Å²) < 4.78 is 31.6. The number of hydrogen-bond donors (Lipinski definition) is 0. The van der Waals surface area contributed by atoms with Gasteiger partial charge in [-0.15, -0.1) is 5.10 Å². The molecule has 0 radical (unpaired) electrons. The van der Waals surface area contributed by atoms with Crippen molar-refractivity contribution in [3.05, 3.63) is 42.6 Å². The molecule has 0 saturated carbocycles. The Morgan fingerprint density at radius 1 is 1.03 bits per heavy atom. The smallest absolute Gasteiger partial charge is 0.231 e. The molecule has 0 aliphatic heterocycles. The molecule has 0 spiro atoms. The molecule has 0 saturated heterocycles. The second kappa shape index (κ2) is 9.37. The van der Waals surface area contributed by atoms with Gasteiger partial charge in [-0.2, -0.15) is 0 Å². The topological polar surface area (TPSA) is 76.8 Å². The lowest BCUT2D eigenvalue weighted by Gasteiger charge is -2.17. The van der Waals surface area contributed by atoms with Crippen molar-refractivity contribution in [2.24, 2.45) is 0 Å². The standard InChI is InChI=1S/C21H28N4O3S/c1-4-24(5-2)14-7-15-28-21-13-12-20-22-16-19(25(20)23-21)17-8-10-18(11-9-17)29(26,27)6-3/h8-13,16H,4-7,14-15H2,1-3H3. The fraction of sp³-hybridized carbons (Fsp3) is 0.429. The molecule has 0 aliphatic carbocycles. The number of fused-ring (bicyclic) bond motifs is 1. The average molecular weight is 417 g/mol. The number of aromatic nitrogens is 3. The largest absolute Gasteiger partial charge is 0.477 e. The van der Waals surface area contributed by atoms with Gasteiger partial charge in [0.1, 0.15) is 0 Å².